The maximum absolute atomic E-state index is 13.1. The van der Waals surface area contributed by atoms with E-state index in [2.05, 4.69) is 24.8 Å². The number of urea groups is 1. The fourth-order valence-corrected chi connectivity index (χ4v) is 3.86. The fourth-order valence-electron chi connectivity index (χ4n) is 2.55. The van der Waals surface area contributed by atoms with Crippen LogP contribution in [0.5, 0.6) is 11.8 Å². The van der Waals surface area contributed by atoms with Crippen LogP contribution in [0.2, 0.25) is 0 Å². The average Bonchev–Trinajstić information content (AvgIpc) is 2.81. The van der Waals surface area contributed by atoms with Gasteiger partial charge in [0, 0.05) is 7.05 Å². The van der Waals surface area contributed by atoms with E-state index < -0.39 is 38.6 Å². The molecule has 0 atom stereocenters. The molecule has 0 radical (unpaired) electrons. The topological polar surface area (TPSA) is 175 Å². The Morgan fingerprint density at radius 3 is 2.09 bits per heavy atom. The molecule has 33 heavy (non-hydrogen) atoms. The van der Waals surface area contributed by atoms with Gasteiger partial charge in [-0.2, -0.15) is 9.97 Å². The van der Waals surface area contributed by atoms with E-state index >= 15 is 0 Å². The minimum absolute atomic E-state index is 0.0398. The Morgan fingerprint density at radius 1 is 0.970 bits per heavy atom. The van der Waals surface area contributed by atoms with Crippen LogP contribution in [0.3, 0.4) is 0 Å². The van der Waals surface area contributed by atoms with Crippen molar-refractivity contribution in [2.75, 3.05) is 45.7 Å². The summed E-state index contributed by atoms with van der Waals surface area (Å²) in [4.78, 5) is 44.5. The molecular formula is C18H21N5O9S. The summed E-state index contributed by atoms with van der Waals surface area (Å²) < 4.78 is 47.1. The number of sulfonamides is 1. The van der Waals surface area contributed by atoms with Gasteiger partial charge in [0.05, 0.1) is 45.8 Å². The van der Waals surface area contributed by atoms with Crippen LogP contribution in [0.25, 0.3) is 0 Å². The van der Waals surface area contributed by atoms with E-state index in [1.54, 1.807) is 4.72 Å². The van der Waals surface area contributed by atoms with Gasteiger partial charge in [-0.3, -0.25) is 10.2 Å². The zero-order chi connectivity index (χ0) is 24.8. The van der Waals surface area contributed by atoms with Crippen LogP contribution in [0.1, 0.15) is 10.4 Å². The summed E-state index contributed by atoms with van der Waals surface area (Å²) in [6, 6.07) is 3.80. The predicted molar refractivity (Wildman–Crippen MR) is 113 cm³/mol. The van der Waals surface area contributed by atoms with Gasteiger partial charge < -0.3 is 18.9 Å². The number of benzene rings is 1. The number of aromatic nitrogens is 2. The number of carbonyl (C=O) groups is 3. The molecule has 0 aliphatic rings. The smallest absolute Gasteiger partial charge is 0.413 e. The van der Waals surface area contributed by atoms with E-state index in [4.69, 9.17) is 9.47 Å². The molecule has 0 fully saturated rings. The van der Waals surface area contributed by atoms with Crippen molar-refractivity contribution < 1.29 is 41.7 Å². The van der Waals surface area contributed by atoms with E-state index in [9.17, 15) is 22.8 Å². The Morgan fingerprint density at radius 2 is 1.58 bits per heavy atom. The van der Waals surface area contributed by atoms with Gasteiger partial charge in [0.1, 0.15) is 4.90 Å². The summed E-state index contributed by atoms with van der Waals surface area (Å²) in [5.74, 6) is -1.26. The van der Waals surface area contributed by atoms with Crippen molar-refractivity contribution in [3.8, 4) is 11.8 Å². The summed E-state index contributed by atoms with van der Waals surface area (Å²) >= 11 is 0. The maximum Gasteiger partial charge on any atom is 0.413 e. The van der Waals surface area contributed by atoms with E-state index in [-0.39, 0.29) is 23.4 Å². The van der Waals surface area contributed by atoms with Gasteiger partial charge in [-0.1, -0.05) is 6.07 Å². The normalized spacial score (nSPS) is 10.6. The van der Waals surface area contributed by atoms with Crippen molar-refractivity contribution in [2.24, 2.45) is 0 Å². The van der Waals surface area contributed by atoms with Gasteiger partial charge in [0.15, 0.2) is 0 Å². The largest absolute Gasteiger partial charge is 0.481 e. The molecule has 0 aliphatic heterocycles. The standard InChI is InChI=1S/C18H21N5O9S/c1-23(18(26)32-5)11-8-6-7-10(15(24)31-4)14(11)33(27,28)22-17(25)21-16-19-12(29-2)9-13(20-16)30-3/h6-9H,1-5H3,(H2,19,20,21,22,25). The highest BCUT2D eigenvalue weighted by atomic mass is 32.2. The minimum Gasteiger partial charge on any atom is -0.481 e. The molecule has 0 bridgehead atoms. The van der Waals surface area contributed by atoms with Crippen LogP contribution in [0.4, 0.5) is 21.2 Å². The predicted octanol–water partition coefficient (Wildman–Crippen LogP) is 0.993. The Labute approximate surface area is 188 Å². The third-order valence-electron chi connectivity index (χ3n) is 4.03. The van der Waals surface area contributed by atoms with E-state index in [0.29, 0.717) is 0 Å². The molecule has 14 nitrogen and oxygen atoms in total. The first-order chi connectivity index (χ1) is 15.6. The number of methoxy groups -OCH3 is 4. The Kier molecular flexibility index (Phi) is 7.95. The molecule has 0 unspecified atom stereocenters. The monoisotopic (exact) mass is 483 g/mol. The highest BCUT2D eigenvalue weighted by Crippen LogP contribution is 2.29. The number of hydrogen-bond donors (Lipinski definition) is 2. The first kappa shape index (κ1) is 25.1. The van der Waals surface area contributed by atoms with Crippen LogP contribution in [-0.2, 0) is 19.5 Å². The zero-order valence-electron chi connectivity index (χ0n) is 18.2. The number of anilines is 2. The van der Waals surface area contributed by atoms with Crippen LogP contribution in [-0.4, -0.2) is 72.0 Å². The maximum atomic E-state index is 13.1. The Hall–Kier alpha value is -4.14. The second kappa shape index (κ2) is 10.4. The van der Waals surface area contributed by atoms with E-state index in [1.807, 2.05) is 0 Å². The SMILES string of the molecule is COC(=O)c1cccc(N(C)C(=O)OC)c1S(=O)(=O)NC(=O)Nc1nc(OC)cc(OC)n1. The lowest BCUT2D eigenvalue weighted by Gasteiger charge is -2.21. The fraction of sp³-hybridized carbons (Fsp3) is 0.278. The van der Waals surface area contributed by atoms with Gasteiger partial charge in [-0.05, 0) is 12.1 Å². The average molecular weight is 483 g/mol. The molecule has 2 rings (SSSR count). The highest BCUT2D eigenvalue weighted by Gasteiger charge is 2.31. The summed E-state index contributed by atoms with van der Waals surface area (Å²) in [5.41, 5.74) is -0.672. The van der Waals surface area contributed by atoms with E-state index in [0.717, 1.165) is 25.2 Å². The number of nitrogens with zero attached hydrogens (tertiary/aromatic N) is 3. The highest BCUT2D eigenvalue weighted by molar-refractivity contribution is 7.90. The molecular weight excluding hydrogens is 462 g/mol. The van der Waals surface area contributed by atoms with Gasteiger partial charge >= 0.3 is 18.1 Å². The Bertz CT molecular complexity index is 1150. The molecule has 0 saturated heterocycles. The lowest BCUT2D eigenvalue weighted by molar-refractivity contribution is 0.0596. The minimum atomic E-state index is -4.74. The molecule has 2 N–H and O–H groups in total. The molecule has 2 aromatic rings. The van der Waals surface area contributed by atoms with Crippen molar-refractivity contribution in [2.45, 2.75) is 4.90 Å². The third-order valence-corrected chi connectivity index (χ3v) is 5.45. The molecule has 1 aromatic heterocycles. The number of carbonyl (C=O) groups excluding carboxylic acids is 3. The molecule has 0 spiro atoms. The van der Waals surface area contributed by atoms with Gasteiger partial charge in [0.25, 0.3) is 10.0 Å². The van der Waals surface area contributed by atoms with E-state index in [1.165, 1.54) is 39.5 Å². The molecule has 0 aliphatic carbocycles. The quantitative estimate of drug-likeness (QED) is 0.537. The summed E-state index contributed by atoms with van der Waals surface area (Å²) in [5, 5.41) is 2.13. The van der Waals surface area contributed by atoms with Crippen molar-refractivity contribution >= 4 is 39.8 Å². The molecule has 178 valence electrons. The van der Waals surface area contributed by atoms with Crippen molar-refractivity contribution in [1.29, 1.82) is 0 Å². The van der Waals surface area contributed by atoms with Crippen molar-refractivity contribution in [1.82, 2.24) is 14.7 Å². The second-order valence-corrected chi connectivity index (χ2v) is 7.63. The lowest BCUT2D eigenvalue weighted by Crippen LogP contribution is -2.37. The zero-order valence-corrected chi connectivity index (χ0v) is 19.1. The molecule has 0 saturated carbocycles. The van der Waals surface area contributed by atoms with Crippen LogP contribution < -0.4 is 24.4 Å². The summed E-state index contributed by atoms with van der Waals surface area (Å²) in [6.45, 7) is 0. The first-order valence-corrected chi connectivity index (χ1v) is 10.4. The number of ether oxygens (including phenoxy) is 4. The molecule has 3 amide bonds. The number of hydrogen-bond acceptors (Lipinski definition) is 11. The van der Waals surface area contributed by atoms with Gasteiger partial charge in [0.2, 0.25) is 17.7 Å². The van der Waals surface area contributed by atoms with Gasteiger partial charge in [-0.25, -0.2) is 27.5 Å². The number of rotatable bonds is 7. The third kappa shape index (κ3) is 5.76. The number of nitrogens with one attached hydrogen (secondary N) is 2. The Balaban J connectivity index is 2.47. The van der Waals surface area contributed by atoms with Crippen molar-refractivity contribution in [3.63, 3.8) is 0 Å². The summed E-state index contributed by atoms with van der Waals surface area (Å²) in [6.07, 6.45) is -0.921. The lowest BCUT2D eigenvalue weighted by atomic mass is 10.2. The van der Waals surface area contributed by atoms with Crippen LogP contribution in [0, 0.1) is 0 Å². The molecule has 1 heterocycles. The second-order valence-electron chi connectivity index (χ2n) is 6.01. The van der Waals surface area contributed by atoms with Gasteiger partial charge in [-0.15, -0.1) is 0 Å². The molecule has 1 aromatic carbocycles. The molecule has 15 heteroatoms. The first-order valence-electron chi connectivity index (χ1n) is 8.91. The van der Waals surface area contributed by atoms with Crippen LogP contribution in [0.15, 0.2) is 29.2 Å². The van der Waals surface area contributed by atoms with Crippen molar-refractivity contribution in [3.05, 3.63) is 29.8 Å². The van der Waals surface area contributed by atoms with Crippen LogP contribution >= 0.6 is 0 Å². The number of esters is 1. The summed E-state index contributed by atoms with van der Waals surface area (Å²) in [7, 11) is 1.25. The number of amides is 3.